The number of aliphatic hydroxyl groups is 1. The first-order valence-corrected chi connectivity index (χ1v) is 6.43. The highest BCUT2D eigenvalue weighted by Crippen LogP contribution is 2.37. The van der Waals surface area contributed by atoms with Crippen molar-refractivity contribution >= 4 is 21.6 Å². The molecule has 0 amide bonds. The molecule has 1 unspecified atom stereocenters. The van der Waals surface area contributed by atoms with E-state index in [0.29, 0.717) is 23.2 Å². The first kappa shape index (κ1) is 13.7. The molecule has 0 radical (unpaired) electrons. The van der Waals surface area contributed by atoms with Crippen molar-refractivity contribution in [2.75, 3.05) is 24.6 Å². The Balaban J connectivity index is 2.27. The third-order valence-corrected chi connectivity index (χ3v) is 3.83. The number of hydrogen-bond donors (Lipinski definition) is 1. The average molecular weight is 324 g/mol. The molecule has 0 spiro atoms. The van der Waals surface area contributed by atoms with E-state index >= 15 is 0 Å². The normalized spacial score (nSPS) is 20.5. The monoisotopic (exact) mass is 323 g/mol. The van der Waals surface area contributed by atoms with Crippen LogP contribution in [0.4, 0.5) is 18.9 Å². The van der Waals surface area contributed by atoms with E-state index < -0.39 is 11.7 Å². The van der Waals surface area contributed by atoms with E-state index in [9.17, 15) is 13.2 Å². The summed E-state index contributed by atoms with van der Waals surface area (Å²) in [7, 11) is 0. The summed E-state index contributed by atoms with van der Waals surface area (Å²) in [4.78, 5) is 1.88. The van der Waals surface area contributed by atoms with Crippen LogP contribution in [0.1, 0.15) is 12.0 Å². The SMILES string of the molecule is OCC1CCN(c2cc(C(F)(F)F)ccc2Br)C1. The molecule has 1 aliphatic rings. The minimum absolute atomic E-state index is 0.0765. The zero-order valence-corrected chi connectivity index (χ0v) is 11.1. The second kappa shape index (κ2) is 5.09. The van der Waals surface area contributed by atoms with Gasteiger partial charge in [-0.15, -0.1) is 0 Å². The largest absolute Gasteiger partial charge is 0.416 e. The van der Waals surface area contributed by atoms with Gasteiger partial charge in [-0.05, 0) is 40.5 Å². The predicted octanol–water partition coefficient (Wildman–Crippen LogP) is 3.29. The minimum atomic E-state index is -4.33. The molecule has 1 aromatic rings. The minimum Gasteiger partial charge on any atom is -0.396 e. The van der Waals surface area contributed by atoms with E-state index in [4.69, 9.17) is 5.11 Å². The van der Waals surface area contributed by atoms with Crippen molar-refractivity contribution in [1.82, 2.24) is 0 Å². The highest BCUT2D eigenvalue weighted by Gasteiger charge is 2.32. The van der Waals surface area contributed by atoms with E-state index in [-0.39, 0.29) is 12.5 Å². The van der Waals surface area contributed by atoms with Crippen LogP contribution in [0.2, 0.25) is 0 Å². The molecule has 1 N–H and O–H groups in total. The molecule has 0 aromatic heterocycles. The van der Waals surface area contributed by atoms with Gasteiger partial charge in [-0.1, -0.05) is 0 Å². The zero-order valence-electron chi connectivity index (χ0n) is 9.54. The standard InChI is InChI=1S/C12H13BrF3NO/c13-10-2-1-9(12(14,15)16)5-11(10)17-4-3-8(6-17)7-18/h1-2,5,8,18H,3-4,6-7H2. The van der Waals surface area contributed by atoms with Gasteiger partial charge in [-0.3, -0.25) is 0 Å². The molecule has 6 heteroatoms. The molecule has 1 heterocycles. The van der Waals surface area contributed by atoms with Gasteiger partial charge >= 0.3 is 6.18 Å². The lowest BCUT2D eigenvalue weighted by Gasteiger charge is -2.21. The smallest absolute Gasteiger partial charge is 0.396 e. The van der Waals surface area contributed by atoms with Crippen molar-refractivity contribution in [1.29, 1.82) is 0 Å². The molecule has 1 aromatic carbocycles. The Labute approximate surface area is 112 Å². The van der Waals surface area contributed by atoms with Crippen LogP contribution < -0.4 is 4.90 Å². The Kier molecular flexibility index (Phi) is 3.87. The quantitative estimate of drug-likeness (QED) is 0.902. The van der Waals surface area contributed by atoms with E-state index in [0.717, 1.165) is 18.6 Å². The summed E-state index contributed by atoms with van der Waals surface area (Å²) in [5, 5.41) is 9.07. The van der Waals surface area contributed by atoms with Crippen molar-refractivity contribution in [3.8, 4) is 0 Å². The highest BCUT2D eigenvalue weighted by molar-refractivity contribution is 9.10. The number of alkyl halides is 3. The summed E-state index contributed by atoms with van der Waals surface area (Å²) in [6.45, 7) is 1.34. The highest BCUT2D eigenvalue weighted by atomic mass is 79.9. The van der Waals surface area contributed by atoms with Gasteiger partial charge in [0.25, 0.3) is 0 Å². The van der Waals surface area contributed by atoms with Crippen LogP contribution in [-0.2, 0) is 6.18 Å². The first-order valence-electron chi connectivity index (χ1n) is 5.64. The Bertz CT molecular complexity index is 436. The van der Waals surface area contributed by atoms with Crippen LogP contribution in [0.3, 0.4) is 0 Å². The molecule has 0 saturated carbocycles. The maximum atomic E-state index is 12.7. The molecule has 1 saturated heterocycles. The van der Waals surface area contributed by atoms with E-state index in [1.54, 1.807) is 0 Å². The Hall–Kier alpha value is -0.750. The molecular formula is C12H13BrF3NO. The van der Waals surface area contributed by atoms with Gasteiger partial charge in [0.1, 0.15) is 0 Å². The third-order valence-electron chi connectivity index (χ3n) is 3.16. The van der Waals surface area contributed by atoms with Crippen LogP contribution in [0.5, 0.6) is 0 Å². The Morgan fingerprint density at radius 1 is 1.39 bits per heavy atom. The van der Waals surface area contributed by atoms with Gasteiger partial charge in [0.15, 0.2) is 0 Å². The topological polar surface area (TPSA) is 23.5 Å². The van der Waals surface area contributed by atoms with Crippen LogP contribution in [-0.4, -0.2) is 24.8 Å². The molecule has 2 rings (SSSR count). The maximum absolute atomic E-state index is 12.7. The molecule has 0 aliphatic carbocycles. The zero-order chi connectivity index (χ0) is 13.3. The van der Waals surface area contributed by atoms with Crippen molar-refractivity contribution in [3.63, 3.8) is 0 Å². The lowest BCUT2D eigenvalue weighted by Crippen LogP contribution is -2.21. The van der Waals surface area contributed by atoms with E-state index in [1.165, 1.54) is 6.07 Å². The third kappa shape index (κ3) is 2.80. The van der Waals surface area contributed by atoms with Gasteiger partial charge in [0.05, 0.1) is 11.3 Å². The molecule has 18 heavy (non-hydrogen) atoms. The van der Waals surface area contributed by atoms with Crippen LogP contribution >= 0.6 is 15.9 Å². The van der Waals surface area contributed by atoms with Gasteiger partial charge < -0.3 is 10.0 Å². The summed E-state index contributed by atoms with van der Waals surface area (Å²) in [6, 6.07) is 3.64. The molecule has 100 valence electrons. The number of anilines is 1. The van der Waals surface area contributed by atoms with Crippen LogP contribution in [0.25, 0.3) is 0 Å². The second-order valence-electron chi connectivity index (χ2n) is 4.45. The van der Waals surface area contributed by atoms with E-state index in [2.05, 4.69) is 15.9 Å². The average Bonchev–Trinajstić information content (AvgIpc) is 2.76. The molecular weight excluding hydrogens is 311 g/mol. The fraction of sp³-hybridized carbons (Fsp3) is 0.500. The molecule has 1 atom stereocenters. The van der Waals surface area contributed by atoms with E-state index in [1.807, 2.05) is 4.90 Å². The lowest BCUT2D eigenvalue weighted by molar-refractivity contribution is -0.137. The predicted molar refractivity (Wildman–Crippen MR) is 66.5 cm³/mol. The molecule has 2 nitrogen and oxygen atoms in total. The lowest BCUT2D eigenvalue weighted by atomic mass is 10.1. The summed E-state index contributed by atoms with van der Waals surface area (Å²) < 4.78 is 38.6. The van der Waals surface area contributed by atoms with Gasteiger partial charge in [-0.2, -0.15) is 13.2 Å². The number of hydrogen-bond acceptors (Lipinski definition) is 2. The van der Waals surface area contributed by atoms with Gasteiger partial charge in [0, 0.05) is 30.1 Å². The van der Waals surface area contributed by atoms with Crippen molar-refractivity contribution in [3.05, 3.63) is 28.2 Å². The number of aliphatic hydroxyl groups excluding tert-OH is 1. The maximum Gasteiger partial charge on any atom is 0.416 e. The van der Waals surface area contributed by atoms with Crippen molar-refractivity contribution in [2.24, 2.45) is 5.92 Å². The summed E-state index contributed by atoms with van der Waals surface area (Å²) in [6.07, 6.45) is -3.52. The van der Waals surface area contributed by atoms with Gasteiger partial charge in [-0.25, -0.2) is 0 Å². The summed E-state index contributed by atoms with van der Waals surface area (Å²) in [5.41, 5.74) is -0.103. The number of halogens is 4. The van der Waals surface area contributed by atoms with Crippen molar-refractivity contribution < 1.29 is 18.3 Å². The molecule has 0 bridgehead atoms. The van der Waals surface area contributed by atoms with Crippen molar-refractivity contribution in [2.45, 2.75) is 12.6 Å². The number of benzene rings is 1. The molecule has 1 aliphatic heterocycles. The summed E-state index contributed by atoms with van der Waals surface area (Å²) >= 11 is 3.28. The van der Waals surface area contributed by atoms with Crippen LogP contribution in [0.15, 0.2) is 22.7 Å². The Morgan fingerprint density at radius 2 is 2.11 bits per heavy atom. The van der Waals surface area contributed by atoms with Gasteiger partial charge in [0.2, 0.25) is 0 Å². The Morgan fingerprint density at radius 3 is 2.67 bits per heavy atom. The number of rotatable bonds is 2. The summed E-state index contributed by atoms with van der Waals surface area (Å²) in [5.74, 6) is 0.145. The fourth-order valence-corrected chi connectivity index (χ4v) is 2.63. The second-order valence-corrected chi connectivity index (χ2v) is 5.30. The number of nitrogens with zero attached hydrogens (tertiary/aromatic N) is 1. The van der Waals surface area contributed by atoms with Crippen LogP contribution in [0, 0.1) is 5.92 Å². The fourth-order valence-electron chi connectivity index (χ4n) is 2.13. The first-order chi connectivity index (χ1) is 8.41. The molecule has 1 fully saturated rings.